The average Bonchev–Trinajstić information content (AvgIpc) is 2.78. The maximum Gasteiger partial charge on any atom is 0.273 e. The summed E-state index contributed by atoms with van der Waals surface area (Å²) in [4.78, 5) is 16.6. The number of aromatic nitrogens is 2. The molecular weight excluding hydrogens is 269 g/mol. The van der Waals surface area contributed by atoms with Crippen molar-refractivity contribution in [2.75, 3.05) is 5.32 Å². The SMILES string of the molecule is Cc1cccc(NC(=O)c2cc3c(F)cccc3n2C)n1. The molecule has 2 heterocycles. The van der Waals surface area contributed by atoms with Crippen LogP contribution in [0.2, 0.25) is 0 Å². The monoisotopic (exact) mass is 283 g/mol. The number of amides is 1. The molecule has 0 unspecified atom stereocenters. The van der Waals surface area contributed by atoms with Crippen LogP contribution in [0.25, 0.3) is 10.9 Å². The van der Waals surface area contributed by atoms with Crippen molar-refractivity contribution in [1.82, 2.24) is 9.55 Å². The molecule has 5 heteroatoms. The minimum Gasteiger partial charge on any atom is -0.340 e. The summed E-state index contributed by atoms with van der Waals surface area (Å²) in [5.41, 5.74) is 1.88. The lowest BCUT2D eigenvalue weighted by Crippen LogP contribution is -2.16. The fourth-order valence-corrected chi connectivity index (χ4v) is 2.34. The quantitative estimate of drug-likeness (QED) is 0.784. The van der Waals surface area contributed by atoms with E-state index in [0.29, 0.717) is 22.4 Å². The van der Waals surface area contributed by atoms with Crippen molar-refractivity contribution in [2.24, 2.45) is 7.05 Å². The van der Waals surface area contributed by atoms with Gasteiger partial charge in [0.25, 0.3) is 5.91 Å². The highest BCUT2D eigenvalue weighted by Gasteiger charge is 2.15. The van der Waals surface area contributed by atoms with Crippen LogP contribution < -0.4 is 5.32 Å². The molecule has 0 atom stereocenters. The summed E-state index contributed by atoms with van der Waals surface area (Å²) in [7, 11) is 1.74. The maximum atomic E-state index is 13.8. The summed E-state index contributed by atoms with van der Waals surface area (Å²) >= 11 is 0. The van der Waals surface area contributed by atoms with E-state index < -0.39 is 0 Å². The number of carbonyl (C=O) groups excluding carboxylic acids is 1. The zero-order valence-corrected chi connectivity index (χ0v) is 11.7. The Kier molecular flexibility index (Phi) is 3.17. The number of anilines is 1. The highest BCUT2D eigenvalue weighted by molar-refractivity contribution is 6.06. The van der Waals surface area contributed by atoms with Gasteiger partial charge in [0.05, 0.1) is 5.52 Å². The molecule has 0 spiro atoms. The lowest BCUT2D eigenvalue weighted by atomic mass is 10.2. The number of benzene rings is 1. The van der Waals surface area contributed by atoms with E-state index >= 15 is 0 Å². The van der Waals surface area contributed by atoms with Crippen molar-refractivity contribution in [2.45, 2.75) is 6.92 Å². The van der Waals surface area contributed by atoms with Gasteiger partial charge in [-0.15, -0.1) is 0 Å². The fourth-order valence-electron chi connectivity index (χ4n) is 2.34. The summed E-state index contributed by atoms with van der Waals surface area (Å²) < 4.78 is 15.4. The summed E-state index contributed by atoms with van der Waals surface area (Å²) in [6, 6.07) is 11.7. The predicted octanol–water partition coefficient (Wildman–Crippen LogP) is 3.27. The van der Waals surface area contributed by atoms with Crippen LogP contribution in [0.15, 0.2) is 42.5 Å². The molecule has 0 bridgehead atoms. The Morgan fingerprint density at radius 2 is 2.00 bits per heavy atom. The zero-order chi connectivity index (χ0) is 15.0. The number of pyridine rings is 1. The Balaban J connectivity index is 1.98. The number of nitrogens with zero attached hydrogens (tertiary/aromatic N) is 2. The highest BCUT2D eigenvalue weighted by atomic mass is 19.1. The van der Waals surface area contributed by atoms with Gasteiger partial charge >= 0.3 is 0 Å². The molecule has 2 aromatic heterocycles. The molecule has 4 nitrogen and oxygen atoms in total. The molecule has 106 valence electrons. The van der Waals surface area contributed by atoms with Crippen LogP contribution in [0, 0.1) is 12.7 Å². The van der Waals surface area contributed by atoms with Gasteiger partial charge in [0.2, 0.25) is 0 Å². The Bertz CT molecular complexity index is 839. The topological polar surface area (TPSA) is 46.9 Å². The number of hydrogen-bond donors (Lipinski definition) is 1. The molecule has 3 rings (SSSR count). The van der Waals surface area contributed by atoms with Crippen molar-refractivity contribution >= 4 is 22.6 Å². The molecule has 0 aliphatic heterocycles. The molecule has 1 aromatic carbocycles. The van der Waals surface area contributed by atoms with Gasteiger partial charge in [-0.25, -0.2) is 9.37 Å². The van der Waals surface area contributed by atoms with E-state index in [1.54, 1.807) is 35.9 Å². The van der Waals surface area contributed by atoms with Crippen molar-refractivity contribution < 1.29 is 9.18 Å². The van der Waals surface area contributed by atoms with Crippen molar-refractivity contribution in [3.05, 3.63) is 59.7 Å². The largest absolute Gasteiger partial charge is 0.340 e. The number of carbonyl (C=O) groups is 1. The van der Waals surface area contributed by atoms with Gasteiger partial charge in [-0.05, 0) is 37.3 Å². The first-order chi connectivity index (χ1) is 10.1. The number of rotatable bonds is 2. The van der Waals surface area contributed by atoms with E-state index in [1.807, 2.05) is 19.1 Å². The molecule has 1 N–H and O–H groups in total. The smallest absolute Gasteiger partial charge is 0.273 e. The van der Waals surface area contributed by atoms with E-state index in [1.165, 1.54) is 6.07 Å². The number of aryl methyl sites for hydroxylation is 2. The second-order valence-electron chi connectivity index (χ2n) is 4.88. The second-order valence-corrected chi connectivity index (χ2v) is 4.88. The Hall–Kier alpha value is -2.69. The van der Waals surface area contributed by atoms with E-state index in [0.717, 1.165) is 5.69 Å². The molecule has 0 fully saturated rings. The van der Waals surface area contributed by atoms with E-state index in [2.05, 4.69) is 10.3 Å². The van der Waals surface area contributed by atoms with E-state index in [-0.39, 0.29) is 11.7 Å². The van der Waals surface area contributed by atoms with Crippen LogP contribution >= 0.6 is 0 Å². The lowest BCUT2D eigenvalue weighted by Gasteiger charge is -2.06. The van der Waals surface area contributed by atoms with E-state index in [4.69, 9.17) is 0 Å². The molecular formula is C16H14FN3O. The van der Waals surface area contributed by atoms with Crippen LogP contribution in [-0.4, -0.2) is 15.5 Å². The molecule has 0 aliphatic rings. The van der Waals surface area contributed by atoms with Crippen LogP contribution in [0.4, 0.5) is 10.2 Å². The average molecular weight is 283 g/mol. The molecule has 0 aliphatic carbocycles. The minimum atomic E-state index is -0.337. The number of halogens is 1. The van der Waals surface area contributed by atoms with Crippen molar-refractivity contribution in [3.8, 4) is 0 Å². The van der Waals surface area contributed by atoms with Gasteiger partial charge in [0.1, 0.15) is 17.3 Å². The lowest BCUT2D eigenvalue weighted by molar-refractivity contribution is 0.101. The Morgan fingerprint density at radius 3 is 2.71 bits per heavy atom. The Labute approximate surface area is 121 Å². The Morgan fingerprint density at radius 1 is 1.24 bits per heavy atom. The van der Waals surface area contributed by atoms with Gasteiger partial charge < -0.3 is 9.88 Å². The summed E-state index contributed by atoms with van der Waals surface area (Å²) in [5.74, 6) is -0.173. The summed E-state index contributed by atoms with van der Waals surface area (Å²) in [6.07, 6.45) is 0. The first-order valence-corrected chi connectivity index (χ1v) is 6.55. The van der Waals surface area contributed by atoms with Gasteiger partial charge in [-0.2, -0.15) is 0 Å². The normalized spacial score (nSPS) is 10.8. The second kappa shape index (κ2) is 5.01. The van der Waals surface area contributed by atoms with E-state index in [9.17, 15) is 9.18 Å². The van der Waals surface area contributed by atoms with Gasteiger partial charge in [-0.3, -0.25) is 4.79 Å². The number of hydrogen-bond acceptors (Lipinski definition) is 2. The van der Waals surface area contributed by atoms with Crippen molar-refractivity contribution in [3.63, 3.8) is 0 Å². The van der Waals surface area contributed by atoms with Crippen LogP contribution in [-0.2, 0) is 7.05 Å². The zero-order valence-electron chi connectivity index (χ0n) is 11.7. The third-order valence-corrected chi connectivity index (χ3v) is 3.40. The van der Waals surface area contributed by atoms with Gasteiger partial charge in [0.15, 0.2) is 0 Å². The molecule has 21 heavy (non-hydrogen) atoms. The van der Waals surface area contributed by atoms with Gasteiger partial charge in [0, 0.05) is 18.1 Å². The summed E-state index contributed by atoms with van der Waals surface area (Å²) in [5, 5.41) is 3.16. The standard InChI is InChI=1S/C16H14FN3O/c1-10-5-3-8-15(18-10)19-16(21)14-9-11-12(17)6-4-7-13(11)20(14)2/h3-9H,1-2H3,(H,18,19,21). The predicted molar refractivity (Wildman–Crippen MR) is 79.8 cm³/mol. The molecule has 0 saturated carbocycles. The third kappa shape index (κ3) is 2.38. The minimum absolute atomic E-state index is 0.314. The number of nitrogens with one attached hydrogen (secondary N) is 1. The first-order valence-electron chi connectivity index (χ1n) is 6.55. The summed E-state index contributed by atoms with van der Waals surface area (Å²) in [6.45, 7) is 1.85. The maximum absolute atomic E-state index is 13.8. The molecule has 0 radical (unpaired) electrons. The van der Waals surface area contributed by atoms with Crippen molar-refractivity contribution in [1.29, 1.82) is 0 Å². The first kappa shape index (κ1) is 13.3. The van der Waals surface area contributed by atoms with Crippen LogP contribution in [0.5, 0.6) is 0 Å². The fraction of sp³-hybridized carbons (Fsp3) is 0.125. The molecule has 1 amide bonds. The number of fused-ring (bicyclic) bond motifs is 1. The molecule has 0 saturated heterocycles. The van der Waals surface area contributed by atoms with Crippen LogP contribution in [0.3, 0.4) is 0 Å². The molecule has 3 aromatic rings. The van der Waals surface area contributed by atoms with Gasteiger partial charge in [-0.1, -0.05) is 12.1 Å². The van der Waals surface area contributed by atoms with Crippen LogP contribution in [0.1, 0.15) is 16.2 Å². The highest BCUT2D eigenvalue weighted by Crippen LogP contribution is 2.22. The third-order valence-electron chi connectivity index (χ3n) is 3.40.